The van der Waals surface area contributed by atoms with Crippen molar-refractivity contribution in [1.29, 1.82) is 10.8 Å². The van der Waals surface area contributed by atoms with Crippen molar-refractivity contribution in [1.82, 2.24) is 0 Å². The molecule has 164 valence electrons. The van der Waals surface area contributed by atoms with Crippen molar-refractivity contribution >= 4 is 61.5 Å². The second-order valence-electron chi connectivity index (χ2n) is 5.03. The fourth-order valence-electron chi connectivity index (χ4n) is 1.72. The van der Waals surface area contributed by atoms with E-state index in [-0.39, 0.29) is 34.2 Å². The van der Waals surface area contributed by atoms with Gasteiger partial charge in [-0.1, -0.05) is 0 Å². The summed E-state index contributed by atoms with van der Waals surface area (Å²) in [7, 11) is 19.5. The topological polar surface area (TPSA) is 161 Å². The Balaban J connectivity index is 0.000000479. The fraction of sp³-hybridized carbons (Fsp3) is 0.143. The first kappa shape index (κ1) is 28.5. The van der Waals surface area contributed by atoms with Crippen LogP contribution in [0.1, 0.15) is 0 Å². The normalized spacial score (nSPS) is 9.42. The second kappa shape index (κ2) is 13.7. The number of ether oxygens (including phenoxy) is 2. The zero-order valence-corrected chi connectivity index (χ0v) is 21.8. The first-order chi connectivity index (χ1) is 14.4. The third-order valence-electron chi connectivity index (χ3n) is 2.96. The van der Waals surface area contributed by atoms with Gasteiger partial charge in [-0.25, -0.2) is 0 Å². The molecule has 0 bridgehead atoms. The van der Waals surface area contributed by atoms with Crippen LogP contribution in [0.25, 0.3) is 9.95 Å². The van der Waals surface area contributed by atoms with Gasteiger partial charge in [0, 0.05) is 24.3 Å². The van der Waals surface area contributed by atoms with Gasteiger partial charge in [-0.15, -0.1) is 0 Å². The number of rotatable bonds is 4. The van der Waals surface area contributed by atoms with Crippen LogP contribution in [0.15, 0.2) is 36.4 Å². The maximum absolute atomic E-state index is 10.3. The molecule has 0 unspecified atom stereocenters. The molecule has 12 nitrogen and oxygen atoms in total. The Bertz CT molecular complexity index is 942. The predicted octanol–water partition coefficient (Wildman–Crippen LogP) is 6.93. The van der Waals surface area contributed by atoms with Crippen LogP contribution in [0.4, 0.5) is 22.7 Å². The Kier molecular flexibility index (Phi) is 12.6. The molecule has 0 aliphatic heterocycles. The number of diazo groups is 2. The van der Waals surface area contributed by atoms with E-state index in [0.717, 1.165) is 0 Å². The van der Waals surface area contributed by atoms with Crippen LogP contribution < -0.4 is 9.47 Å². The molecule has 2 aromatic rings. The van der Waals surface area contributed by atoms with Crippen molar-refractivity contribution in [2.75, 3.05) is 14.2 Å². The van der Waals surface area contributed by atoms with Gasteiger partial charge in [0.2, 0.25) is 22.3 Å². The maximum atomic E-state index is 10.3. The summed E-state index contributed by atoms with van der Waals surface area (Å²) in [6.07, 6.45) is 0. The van der Waals surface area contributed by atoms with Gasteiger partial charge in [0.05, 0.1) is 36.2 Å². The average Bonchev–Trinajstić information content (AvgIpc) is 2.71. The number of benzene rings is 2. The molecule has 0 aliphatic rings. The van der Waals surface area contributed by atoms with E-state index in [1.54, 1.807) is 0 Å². The molecular formula is C14H12Cl4N6O6Zn. The SMILES string of the molecule is COc1cc([N+](=O)[O-])ccc1[N+]#N.COc1cc([N+](=O)[O-])ccc1[N+]#N.[Cl][Zn-2]([Cl])([Cl])[Cl]. The monoisotopic (exact) mass is 564 g/mol. The number of non-ortho nitro benzene ring substituents is 2. The van der Waals surface area contributed by atoms with Gasteiger partial charge in [0.1, 0.15) is 0 Å². The standard InChI is InChI=1S/2C7H6N3O3.4ClH.Zn/c2*1-13-7-4-5(10(11)12)2-3-6(7)9-8;;;;;/h2*2-4H,1H3;4*1H;/q2*+1;;;;;+2/p-4. The number of nitrogens with zero attached hydrogens (tertiary/aromatic N) is 6. The molecule has 0 saturated heterocycles. The summed E-state index contributed by atoms with van der Waals surface area (Å²) in [5.41, 5.74) is 0.106. The van der Waals surface area contributed by atoms with Crippen LogP contribution in [0.2, 0.25) is 0 Å². The third kappa shape index (κ3) is 11.4. The van der Waals surface area contributed by atoms with Crippen LogP contribution in [0, 0.1) is 31.0 Å². The molecule has 0 aliphatic carbocycles. The molecule has 0 amide bonds. The third-order valence-corrected chi connectivity index (χ3v) is 2.96. The molecule has 31 heavy (non-hydrogen) atoms. The zero-order chi connectivity index (χ0) is 24.2. The van der Waals surface area contributed by atoms with Crippen LogP contribution in [-0.4, -0.2) is 24.1 Å². The Morgan fingerprint density at radius 3 is 1.29 bits per heavy atom. The molecule has 0 heterocycles. The van der Waals surface area contributed by atoms with Gasteiger partial charge in [-0.2, -0.15) is 0 Å². The molecule has 17 heteroatoms. The minimum atomic E-state index is -3.36. The van der Waals surface area contributed by atoms with Crippen LogP contribution in [-0.2, 0) is 10.8 Å². The first-order valence-electron chi connectivity index (χ1n) is 7.79. The Morgan fingerprint density at radius 2 is 1.10 bits per heavy atom. The van der Waals surface area contributed by atoms with E-state index in [2.05, 4.69) is 9.95 Å². The minimum absolute atomic E-state index is 0.107. The quantitative estimate of drug-likeness (QED) is 0.166. The molecule has 2 rings (SSSR count). The van der Waals surface area contributed by atoms with Gasteiger partial charge in [-0.05, 0) is 0 Å². The molecule has 0 fully saturated rings. The number of hydrogen-bond donors (Lipinski definition) is 0. The summed E-state index contributed by atoms with van der Waals surface area (Å²) in [5.74, 6) is 0.327. The number of halogens is 4. The Hall–Kier alpha value is -2.54. The van der Waals surface area contributed by atoms with E-state index in [1.807, 2.05) is 0 Å². The second-order valence-corrected chi connectivity index (χ2v) is 32.8. The summed E-state index contributed by atoms with van der Waals surface area (Å²) >= 11 is 0. The van der Waals surface area contributed by atoms with Gasteiger partial charge in [0.15, 0.2) is 9.95 Å². The summed E-state index contributed by atoms with van der Waals surface area (Å²) in [6.45, 7) is 0. The number of nitro benzene ring substituents is 2. The summed E-state index contributed by atoms with van der Waals surface area (Å²) in [5, 5.41) is 37.6. The Morgan fingerprint density at radius 1 is 0.806 bits per heavy atom. The number of hydrogen-bond acceptors (Lipinski definition) is 8. The van der Waals surface area contributed by atoms with Crippen molar-refractivity contribution in [3.63, 3.8) is 0 Å². The average molecular weight is 567 g/mol. The van der Waals surface area contributed by atoms with Gasteiger partial charge in [-0.3, -0.25) is 20.2 Å². The number of methoxy groups -OCH3 is 2. The molecule has 0 atom stereocenters. The molecule has 0 N–H and O–H groups in total. The Labute approximate surface area is 194 Å². The van der Waals surface area contributed by atoms with Crippen molar-refractivity contribution in [3.8, 4) is 11.5 Å². The van der Waals surface area contributed by atoms with E-state index in [1.165, 1.54) is 50.6 Å². The van der Waals surface area contributed by atoms with Gasteiger partial charge < -0.3 is 9.47 Å². The van der Waals surface area contributed by atoms with Crippen molar-refractivity contribution in [2.24, 2.45) is 0 Å². The summed E-state index contributed by atoms with van der Waals surface area (Å²) in [6, 6.07) is 7.45. The van der Waals surface area contributed by atoms with E-state index < -0.39 is 20.7 Å². The van der Waals surface area contributed by atoms with Crippen molar-refractivity contribution in [3.05, 3.63) is 66.6 Å². The van der Waals surface area contributed by atoms with Gasteiger partial charge in [0.25, 0.3) is 11.4 Å². The van der Waals surface area contributed by atoms with Crippen LogP contribution in [0.5, 0.6) is 11.5 Å². The van der Waals surface area contributed by atoms with Gasteiger partial charge >= 0.3 is 61.0 Å². The molecule has 2 aromatic carbocycles. The molecule has 0 spiro atoms. The van der Waals surface area contributed by atoms with Crippen molar-refractivity contribution < 1.29 is 30.1 Å². The zero-order valence-electron chi connectivity index (χ0n) is 15.8. The summed E-state index contributed by atoms with van der Waals surface area (Å²) in [4.78, 5) is 25.3. The summed E-state index contributed by atoms with van der Waals surface area (Å²) < 4.78 is 9.54. The van der Waals surface area contributed by atoms with Crippen molar-refractivity contribution in [2.45, 2.75) is 0 Å². The first-order valence-corrected chi connectivity index (χ1v) is 23.4. The predicted molar refractivity (Wildman–Crippen MR) is 112 cm³/mol. The number of nitro groups is 2. The van der Waals surface area contributed by atoms with E-state index >= 15 is 0 Å². The molecule has 0 radical (unpaired) electrons. The van der Waals surface area contributed by atoms with Crippen LogP contribution in [0.3, 0.4) is 0 Å². The van der Waals surface area contributed by atoms with Crippen LogP contribution >= 0.6 is 38.8 Å². The molecular weight excluding hydrogens is 555 g/mol. The van der Waals surface area contributed by atoms with E-state index in [9.17, 15) is 20.2 Å². The molecule has 0 saturated carbocycles. The molecule has 0 aromatic heterocycles. The fourth-order valence-corrected chi connectivity index (χ4v) is 1.72. The van der Waals surface area contributed by atoms with E-state index in [0.29, 0.717) is 0 Å². The van der Waals surface area contributed by atoms with E-state index in [4.69, 9.17) is 59.0 Å².